The van der Waals surface area contributed by atoms with Crippen LogP contribution in [0.2, 0.25) is 0 Å². The summed E-state index contributed by atoms with van der Waals surface area (Å²) >= 11 is 0. The van der Waals surface area contributed by atoms with E-state index in [1.165, 1.54) is 16.8 Å². The van der Waals surface area contributed by atoms with Crippen LogP contribution < -0.4 is 4.72 Å². The number of benzene rings is 1. The van der Waals surface area contributed by atoms with Gasteiger partial charge >= 0.3 is 0 Å². The standard InChI is InChI=1S/C12H13FN4O2S/c13-9-1-3-11(4-2-9)17-8-10(15-16-17)7-14-20(18,19)12-5-6-12/h1-4,8,12,14H,5-7H2. The summed E-state index contributed by atoms with van der Waals surface area (Å²) in [6, 6.07) is 5.79. The van der Waals surface area contributed by atoms with E-state index in [9.17, 15) is 12.8 Å². The fourth-order valence-electron chi connectivity index (χ4n) is 1.77. The first-order valence-electron chi connectivity index (χ1n) is 6.20. The molecule has 0 spiro atoms. The van der Waals surface area contributed by atoms with Crippen LogP contribution in [0.25, 0.3) is 5.69 Å². The van der Waals surface area contributed by atoms with E-state index in [0.29, 0.717) is 11.4 Å². The molecule has 0 radical (unpaired) electrons. The summed E-state index contributed by atoms with van der Waals surface area (Å²) in [6.45, 7) is 0.111. The molecule has 0 amide bonds. The molecule has 1 N–H and O–H groups in total. The predicted octanol–water partition coefficient (Wildman–Crippen LogP) is 0.988. The Bertz CT molecular complexity index is 707. The Hall–Kier alpha value is -1.80. The Labute approximate surface area is 115 Å². The molecule has 6 nitrogen and oxygen atoms in total. The lowest BCUT2D eigenvalue weighted by Crippen LogP contribution is -2.26. The van der Waals surface area contributed by atoms with E-state index in [4.69, 9.17) is 0 Å². The van der Waals surface area contributed by atoms with Crippen molar-refractivity contribution < 1.29 is 12.8 Å². The number of nitrogens with zero attached hydrogens (tertiary/aromatic N) is 3. The minimum absolute atomic E-state index is 0.111. The van der Waals surface area contributed by atoms with E-state index in [1.54, 1.807) is 18.3 Å². The molecular weight excluding hydrogens is 283 g/mol. The predicted molar refractivity (Wildman–Crippen MR) is 70.1 cm³/mol. The third-order valence-electron chi connectivity index (χ3n) is 3.05. The Morgan fingerprint density at radius 3 is 2.65 bits per heavy atom. The summed E-state index contributed by atoms with van der Waals surface area (Å²) < 4.78 is 40.1. The SMILES string of the molecule is O=S(=O)(NCc1cn(-c2ccc(F)cc2)nn1)C1CC1. The van der Waals surface area contributed by atoms with Gasteiger partial charge in [-0.2, -0.15) is 0 Å². The molecule has 0 saturated heterocycles. The van der Waals surface area contributed by atoms with E-state index in [1.807, 2.05) is 0 Å². The van der Waals surface area contributed by atoms with Crippen molar-refractivity contribution in [1.29, 1.82) is 0 Å². The number of aromatic nitrogens is 3. The third-order valence-corrected chi connectivity index (χ3v) is 4.95. The Kier molecular flexibility index (Phi) is 3.27. The molecule has 1 aliphatic carbocycles. The molecule has 1 aromatic heterocycles. The highest BCUT2D eigenvalue weighted by molar-refractivity contribution is 7.90. The van der Waals surface area contributed by atoms with Crippen molar-refractivity contribution in [1.82, 2.24) is 19.7 Å². The van der Waals surface area contributed by atoms with Crippen LogP contribution in [0.4, 0.5) is 4.39 Å². The number of hydrogen-bond donors (Lipinski definition) is 1. The zero-order chi connectivity index (χ0) is 14.2. The van der Waals surface area contributed by atoms with Gasteiger partial charge in [-0.05, 0) is 37.1 Å². The molecular formula is C12H13FN4O2S. The molecule has 0 unspecified atom stereocenters. The maximum absolute atomic E-state index is 12.8. The molecule has 3 rings (SSSR count). The molecule has 8 heteroatoms. The molecule has 106 valence electrons. The highest BCUT2D eigenvalue weighted by Crippen LogP contribution is 2.27. The third kappa shape index (κ3) is 2.86. The van der Waals surface area contributed by atoms with Gasteiger partial charge in [0.25, 0.3) is 0 Å². The highest BCUT2D eigenvalue weighted by Gasteiger charge is 2.35. The number of sulfonamides is 1. The monoisotopic (exact) mass is 296 g/mol. The van der Waals surface area contributed by atoms with E-state index in [2.05, 4.69) is 15.0 Å². The summed E-state index contributed by atoms with van der Waals surface area (Å²) in [5, 5.41) is 7.52. The molecule has 1 aromatic carbocycles. The van der Waals surface area contributed by atoms with Crippen LogP contribution in [0.15, 0.2) is 30.5 Å². The average molecular weight is 296 g/mol. The minimum atomic E-state index is -3.22. The van der Waals surface area contributed by atoms with Gasteiger partial charge in [0.2, 0.25) is 10.0 Å². The second kappa shape index (κ2) is 4.95. The zero-order valence-electron chi connectivity index (χ0n) is 10.5. The molecule has 0 atom stereocenters. The fraction of sp³-hybridized carbons (Fsp3) is 0.333. The van der Waals surface area contributed by atoms with Gasteiger partial charge in [0.05, 0.1) is 29.4 Å². The molecule has 2 aromatic rings. The first-order chi connectivity index (χ1) is 9.54. The zero-order valence-corrected chi connectivity index (χ0v) is 11.3. The smallest absolute Gasteiger partial charge is 0.214 e. The van der Waals surface area contributed by atoms with Crippen LogP contribution in [0.3, 0.4) is 0 Å². The van der Waals surface area contributed by atoms with E-state index in [0.717, 1.165) is 12.8 Å². The summed E-state index contributed by atoms with van der Waals surface area (Å²) in [5.41, 5.74) is 1.17. The second-order valence-corrected chi connectivity index (χ2v) is 6.74. The van der Waals surface area contributed by atoms with Crippen LogP contribution >= 0.6 is 0 Å². The van der Waals surface area contributed by atoms with Gasteiger partial charge in [-0.15, -0.1) is 5.10 Å². The maximum Gasteiger partial charge on any atom is 0.214 e. The lowest BCUT2D eigenvalue weighted by molar-refractivity contribution is 0.579. The summed E-state index contributed by atoms with van der Waals surface area (Å²) in [6.07, 6.45) is 3.05. The molecule has 0 aliphatic heterocycles. The Morgan fingerprint density at radius 1 is 1.30 bits per heavy atom. The lowest BCUT2D eigenvalue weighted by atomic mass is 10.3. The maximum atomic E-state index is 12.8. The lowest BCUT2D eigenvalue weighted by Gasteiger charge is -2.02. The first kappa shape index (κ1) is 13.2. The van der Waals surface area contributed by atoms with Crippen molar-refractivity contribution >= 4 is 10.0 Å². The van der Waals surface area contributed by atoms with Gasteiger partial charge in [0.15, 0.2) is 0 Å². The summed E-state index contributed by atoms with van der Waals surface area (Å²) in [7, 11) is -3.22. The largest absolute Gasteiger partial charge is 0.220 e. The van der Waals surface area contributed by atoms with E-state index < -0.39 is 10.0 Å². The van der Waals surface area contributed by atoms with Gasteiger partial charge < -0.3 is 0 Å². The van der Waals surface area contributed by atoms with Crippen LogP contribution in [0.5, 0.6) is 0 Å². The van der Waals surface area contributed by atoms with Gasteiger partial charge in [-0.3, -0.25) is 0 Å². The van der Waals surface area contributed by atoms with Crippen molar-refractivity contribution in [2.45, 2.75) is 24.6 Å². The molecule has 20 heavy (non-hydrogen) atoms. The van der Waals surface area contributed by atoms with E-state index >= 15 is 0 Å². The molecule has 0 bridgehead atoms. The molecule has 1 aliphatic rings. The number of halogens is 1. The van der Waals surface area contributed by atoms with Crippen LogP contribution in [0.1, 0.15) is 18.5 Å². The average Bonchev–Trinajstić information content (AvgIpc) is 3.18. The molecule has 1 heterocycles. The van der Waals surface area contributed by atoms with Crippen molar-refractivity contribution in [2.24, 2.45) is 0 Å². The molecule has 1 saturated carbocycles. The fourth-order valence-corrected chi connectivity index (χ4v) is 3.11. The number of rotatable bonds is 5. The summed E-state index contributed by atoms with van der Waals surface area (Å²) in [4.78, 5) is 0. The topological polar surface area (TPSA) is 76.9 Å². The normalized spacial score (nSPS) is 15.4. The van der Waals surface area contributed by atoms with Crippen molar-refractivity contribution in [3.8, 4) is 5.69 Å². The van der Waals surface area contributed by atoms with Crippen LogP contribution in [-0.2, 0) is 16.6 Å². The van der Waals surface area contributed by atoms with E-state index in [-0.39, 0.29) is 17.6 Å². The molecule has 1 fully saturated rings. The van der Waals surface area contributed by atoms with Crippen LogP contribution in [0, 0.1) is 5.82 Å². The van der Waals surface area contributed by atoms with Crippen molar-refractivity contribution in [2.75, 3.05) is 0 Å². The van der Waals surface area contributed by atoms with Gasteiger partial charge in [0.1, 0.15) is 5.82 Å². The van der Waals surface area contributed by atoms with Crippen molar-refractivity contribution in [3.63, 3.8) is 0 Å². The summed E-state index contributed by atoms with van der Waals surface area (Å²) in [5.74, 6) is -0.328. The second-order valence-electron chi connectivity index (χ2n) is 4.70. The van der Waals surface area contributed by atoms with Gasteiger partial charge in [-0.25, -0.2) is 22.2 Å². The number of hydrogen-bond acceptors (Lipinski definition) is 4. The van der Waals surface area contributed by atoms with Crippen LogP contribution in [-0.4, -0.2) is 28.7 Å². The quantitative estimate of drug-likeness (QED) is 0.892. The van der Waals surface area contributed by atoms with Crippen molar-refractivity contribution in [3.05, 3.63) is 42.0 Å². The van der Waals surface area contributed by atoms with Gasteiger partial charge in [-0.1, -0.05) is 5.21 Å². The van der Waals surface area contributed by atoms with Gasteiger partial charge in [0, 0.05) is 0 Å². The Balaban J connectivity index is 1.69. The highest BCUT2D eigenvalue weighted by atomic mass is 32.2. The first-order valence-corrected chi connectivity index (χ1v) is 7.75. The minimum Gasteiger partial charge on any atom is -0.220 e. The Morgan fingerprint density at radius 2 is 2.00 bits per heavy atom. The number of nitrogens with one attached hydrogen (secondary N) is 1.